The monoisotopic (exact) mass is 427 g/mol. The normalized spacial score (nSPS) is 15.6. The Bertz CT molecular complexity index is 567. The summed E-state index contributed by atoms with van der Waals surface area (Å²) in [5.74, 6) is 0.476. The van der Waals surface area contributed by atoms with Crippen molar-refractivity contribution in [1.29, 1.82) is 0 Å². The SMILES string of the molecule is COC1(C(=O)Nc2ccc(OCCN(C)C)c(Cl)c2)CCNCC1.Cl.Cl. The van der Waals surface area contributed by atoms with Crippen LogP contribution < -0.4 is 15.4 Å². The lowest BCUT2D eigenvalue weighted by Crippen LogP contribution is -2.51. The van der Waals surface area contributed by atoms with Gasteiger partial charge in [0.05, 0.1) is 5.02 Å². The molecule has 9 heteroatoms. The van der Waals surface area contributed by atoms with Crippen molar-refractivity contribution >= 4 is 48.0 Å². The molecule has 0 atom stereocenters. The molecule has 0 unspecified atom stereocenters. The topological polar surface area (TPSA) is 62.8 Å². The van der Waals surface area contributed by atoms with Crippen LogP contribution in [0.3, 0.4) is 0 Å². The quantitative estimate of drug-likeness (QED) is 0.699. The summed E-state index contributed by atoms with van der Waals surface area (Å²) in [5, 5.41) is 6.62. The molecule has 150 valence electrons. The highest BCUT2D eigenvalue weighted by Gasteiger charge is 2.39. The predicted octanol–water partition coefficient (Wildman–Crippen LogP) is 2.83. The maximum absolute atomic E-state index is 12.6. The number of amides is 1. The van der Waals surface area contributed by atoms with Gasteiger partial charge in [0, 0.05) is 19.3 Å². The smallest absolute Gasteiger partial charge is 0.256 e. The Balaban J connectivity index is 0.00000312. The molecule has 0 radical (unpaired) electrons. The molecule has 2 rings (SSSR count). The molecule has 26 heavy (non-hydrogen) atoms. The second-order valence-electron chi connectivity index (χ2n) is 6.20. The van der Waals surface area contributed by atoms with Crippen LogP contribution >= 0.6 is 36.4 Å². The van der Waals surface area contributed by atoms with Crippen LogP contribution in [0.5, 0.6) is 5.75 Å². The molecule has 2 N–H and O–H groups in total. The molecule has 0 saturated carbocycles. The molecule has 1 amide bonds. The van der Waals surface area contributed by atoms with Gasteiger partial charge >= 0.3 is 0 Å². The third-order valence-electron chi connectivity index (χ3n) is 4.20. The number of rotatable bonds is 7. The average Bonchev–Trinajstić information content (AvgIpc) is 2.57. The maximum atomic E-state index is 12.6. The van der Waals surface area contributed by atoms with Crippen LogP contribution in [0.15, 0.2) is 18.2 Å². The van der Waals surface area contributed by atoms with Crippen LogP contribution in [0.25, 0.3) is 0 Å². The van der Waals surface area contributed by atoms with Gasteiger partial charge in [0.1, 0.15) is 18.0 Å². The molecule has 1 fully saturated rings. The Morgan fingerprint density at radius 1 is 1.31 bits per heavy atom. The van der Waals surface area contributed by atoms with Crippen molar-refractivity contribution in [3.8, 4) is 5.75 Å². The van der Waals surface area contributed by atoms with Gasteiger partial charge in [-0.15, -0.1) is 24.8 Å². The lowest BCUT2D eigenvalue weighted by Gasteiger charge is -2.34. The average molecular weight is 429 g/mol. The zero-order valence-electron chi connectivity index (χ0n) is 15.3. The summed E-state index contributed by atoms with van der Waals surface area (Å²) in [7, 11) is 5.55. The van der Waals surface area contributed by atoms with E-state index in [1.165, 1.54) is 0 Å². The molecule has 1 aliphatic heterocycles. The number of likely N-dealkylation sites (N-methyl/N-ethyl adjacent to an activating group) is 1. The van der Waals surface area contributed by atoms with Crippen molar-refractivity contribution in [2.24, 2.45) is 0 Å². The summed E-state index contributed by atoms with van der Waals surface area (Å²) >= 11 is 6.25. The largest absolute Gasteiger partial charge is 0.491 e. The van der Waals surface area contributed by atoms with E-state index in [9.17, 15) is 4.79 Å². The van der Waals surface area contributed by atoms with E-state index in [-0.39, 0.29) is 30.7 Å². The number of ether oxygens (including phenoxy) is 2. The van der Waals surface area contributed by atoms with Gasteiger partial charge in [-0.05, 0) is 58.2 Å². The van der Waals surface area contributed by atoms with Crippen LogP contribution in [0.4, 0.5) is 5.69 Å². The minimum absolute atomic E-state index is 0. The Labute approximate surface area is 172 Å². The van der Waals surface area contributed by atoms with Crippen molar-refractivity contribution in [3.63, 3.8) is 0 Å². The fraction of sp³-hybridized carbons (Fsp3) is 0.588. The van der Waals surface area contributed by atoms with Gasteiger partial charge in [0.15, 0.2) is 0 Å². The van der Waals surface area contributed by atoms with Gasteiger partial charge < -0.3 is 25.0 Å². The second-order valence-corrected chi connectivity index (χ2v) is 6.61. The molecule has 1 heterocycles. The van der Waals surface area contributed by atoms with Crippen LogP contribution in [-0.4, -0.2) is 63.9 Å². The predicted molar refractivity (Wildman–Crippen MR) is 110 cm³/mol. The number of anilines is 1. The number of benzene rings is 1. The van der Waals surface area contributed by atoms with Crippen LogP contribution in [-0.2, 0) is 9.53 Å². The molecule has 1 aliphatic rings. The van der Waals surface area contributed by atoms with Crippen LogP contribution in [0.2, 0.25) is 5.02 Å². The first kappa shape index (κ1) is 25.2. The lowest BCUT2D eigenvalue weighted by molar-refractivity contribution is -0.140. The van der Waals surface area contributed by atoms with Gasteiger partial charge in [-0.2, -0.15) is 0 Å². The first-order chi connectivity index (χ1) is 11.5. The van der Waals surface area contributed by atoms with E-state index in [0.29, 0.717) is 35.9 Å². The molecule has 6 nitrogen and oxygen atoms in total. The number of hydrogen-bond acceptors (Lipinski definition) is 5. The van der Waals surface area contributed by atoms with Crippen molar-refractivity contribution in [2.75, 3.05) is 52.8 Å². The molecule has 0 spiro atoms. The van der Waals surface area contributed by atoms with Gasteiger partial charge in [-0.25, -0.2) is 0 Å². The van der Waals surface area contributed by atoms with E-state index < -0.39 is 5.60 Å². The summed E-state index contributed by atoms with van der Waals surface area (Å²) in [5.41, 5.74) is -0.140. The van der Waals surface area contributed by atoms with Crippen molar-refractivity contribution in [1.82, 2.24) is 10.2 Å². The minimum atomic E-state index is -0.779. The summed E-state index contributed by atoms with van der Waals surface area (Å²) in [4.78, 5) is 14.7. The van der Waals surface area contributed by atoms with Crippen LogP contribution in [0.1, 0.15) is 12.8 Å². The first-order valence-corrected chi connectivity index (χ1v) is 8.49. The highest BCUT2D eigenvalue weighted by Crippen LogP contribution is 2.29. The van der Waals surface area contributed by atoms with E-state index in [4.69, 9.17) is 21.1 Å². The number of carbonyl (C=O) groups excluding carboxylic acids is 1. The summed E-state index contributed by atoms with van der Waals surface area (Å²) in [6, 6.07) is 5.27. The van der Waals surface area contributed by atoms with Gasteiger partial charge in [0.25, 0.3) is 5.91 Å². The van der Waals surface area contributed by atoms with Gasteiger partial charge in [0.2, 0.25) is 0 Å². The third kappa shape index (κ3) is 6.76. The Kier molecular flexibility index (Phi) is 11.5. The molecule has 0 bridgehead atoms. The maximum Gasteiger partial charge on any atom is 0.256 e. The molecular weight excluding hydrogens is 401 g/mol. The number of nitrogens with zero attached hydrogens (tertiary/aromatic N) is 1. The zero-order valence-corrected chi connectivity index (χ0v) is 17.7. The summed E-state index contributed by atoms with van der Waals surface area (Å²) in [6.45, 7) is 2.89. The number of methoxy groups -OCH3 is 1. The van der Waals surface area contributed by atoms with E-state index >= 15 is 0 Å². The third-order valence-corrected chi connectivity index (χ3v) is 4.50. The van der Waals surface area contributed by atoms with E-state index in [1.807, 2.05) is 19.0 Å². The van der Waals surface area contributed by atoms with E-state index in [2.05, 4.69) is 10.6 Å². The number of halogens is 3. The molecule has 1 aromatic carbocycles. The zero-order chi connectivity index (χ0) is 17.6. The summed E-state index contributed by atoms with van der Waals surface area (Å²) < 4.78 is 11.2. The summed E-state index contributed by atoms with van der Waals surface area (Å²) in [6.07, 6.45) is 1.30. The fourth-order valence-electron chi connectivity index (χ4n) is 2.63. The Morgan fingerprint density at radius 2 is 1.96 bits per heavy atom. The fourth-order valence-corrected chi connectivity index (χ4v) is 2.87. The van der Waals surface area contributed by atoms with Crippen molar-refractivity contribution < 1.29 is 14.3 Å². The molecule has 1 aromatic rings. The Hall–Kier alpha value is -0.760. The Morgan fingerprint density at radius 3 is 2.50 bits per heavy atom. The van der Waals surface area contributed by atoms with Crippen molar-refractivity contribution in [3.05, 3.63) is 23.2 Å². The molecule has 1 saturated heterocycles. The van der Waals surface area contributed by atoms with Crippen LogP contribution in [0, 0.1) is 0 Å². The number of nitrogens with one attached hydrogen (secondary N) is 2. The number of piperidine rings is 1. The first-order valence-electron chi connectivity index (χ1n) is 8.11. The minimum Gasteiger partial charge on any atom is -0.491 e. The van der Waals surface area contributed by atoms with Gasteiger partial charge in [-0.1, -0.05) is 11.6 Å². The standard InChI is InChI=1S/C17H26ClN3O3.2ClH/c1-21(2)10-11-24-15-5-4-13(12-14(15)18)20-16(22)17(23-3)6-8-19-9-7-17;;/h4-5,12,19H,6-11H2,1-3H3,(H,20,22);2*1H. The number of carbonyl (C=O) groups is 1. The molecule has 0 aliphatic carbocycles. The number of hydrogen-bond donors (Lipinski definition) is 2. The molecule has 0 aromatic heterocycles. The van der Waals surface area contributed by atoms with E-state index in [1.54, 1.807) is 25.3 Å². The van der Waals surface area contributed by atoms with Crippen molar-refractivity contribution in [2.45, 2.75) is 18.4 Å². The highest BCUT2D eigenvalue weighted by atomic mass is 35.5. The highest BCUT2D eigenvalue weighted by molar-refractivity contribution is 6.32. The molecular formula is C17H28Cl3N3O3. The lowest BCUT2D eigenvalue weighted by atomic mass is 9.91. The van der Waals surface area contributed by atoms with Gasteiger partial charge in [-0.3, -0.25) is 4.79 Å². The second kappa shape index (κ2) is 11.8. The van der Waals surface area contributed by atoms with E-state index in [0.717, 1.165) is 19.6 Å².